The number of benzene rings is 1. The van der Waals surface area contributed by atoms with Crippen LogP contribution in [0.5, 0.6) is 0 Å². The van der Waals surface area contributed by atoms with E-state index >= 15 is 0 Å². The lowest BCUT2D eigenvalue weighted by Crippen LogP contribution is -2.30. The average Bonchev–Trinajstić information content (AvgIpc) is 3.26. The van der Waals surface area contributed by atoms with Crippen molar-refractivity contribution in [3.8, 4) is 5.69 Å². The number of nitrogens with zero attached hydrogens (tertiary/aromatic N) is 3. The van der Waals surface area contributed by atoms with Gasteiger partial charge < -0.3 is 4.57 Å². The molecule has 1 aliphatic heterocycles. The summed E-state index contributed by atoms with van der Waals surface area (Å²) in [6, 6.07) is 6.47. The monoisotopic (exact) mass is 335 g/mol. The SMILES string of the molecule is NNC(=O)c1cn(-c2ccc(S(=O)(=O)N3CCCC3)cc2)cn1. The lowest BCUT2D eigenvalue weighted by Gasteiger charge is -2.15. The summed E-state index contributed by atoms with van der Waals surface area (Å²) in [4.78, 5) is 15.6. The van der Waals surface area contributed by atoms with Gasteiger partial charge in [-0.3, -0.25) is 10.2 Å². The van der Waals surface area contributed by atoms with Gasteiger partial charge in [0, 0.05) is 25.0 Å². The molecule has 122 valence electrons. The summed E-state index contributed by atoms with van der Waals surface area (Å²) in [6.07, 6.45) is 4.79. The average molecular weight is 335 g/mol. The van der Waals surface area contributed by atoms with Gasteiger partial charge in [-0.25, -0.2) is 19.2 Å². The third-order valence-corrected chi connectivity index (χ3v) is 5.70. The van der Waals surface area contributed by atoms with E-state index in [0.717, 1.165) is 12.8 Å². The quantitative estimate of drug-likeness (QED) is 0.473. The summed E-state index contributed by atoms with van der Waals surface area (Å²) < 4.78 is 28.0. The van der Waals surface area contributed by atoms with Crippen molar-refractivity contribution in [2.24, 2.45) is 5.84 Å². The maximum Gasteiger partial charge on any atom is 0.285 e. The van der Waals surface area contributed by atoms with Crippen LogP contribution in [-0.4, -0.2) is 41.3 Å². The Hall–Kier alpha value is -2.23. The van der Waals surface area contributed by atoms with E-state index < -0.39 is 15.9 Å². The number of hydrazine groups is 1. The third-order valence-electron chi connectivity index (χ3n) is 3.78. The maximum atomic E-state index is 12.5. The molecule has 1 aromatic carbocycles. The van der Waals surface area contributed by atoms with Gasteiger partial charge in [-0.1, -0.05) is 0 Å². The van der Waals surface area contributed by atoms with Crippen molar-refractivity contribution in [2.45, 2.75) is 17.7 Å². The number of imidazole rings is 1. The Morgan fingerprint density at radius 3 is 2.43 bits per heavy atom. The zero-order valence-corrected chi connectivity index (χ0v) is 13.2. The van der Waals surface area contributed by atoms with Crippen molar-refractivity contribution >= 4 is 15.9 Å². The van der Waals surface area contributed by atoms with Crippen molar-refractivity contribution in [2.75, 3.05) is 13.1 Å². The van der Waals surface area contributed by atoms with E-state index in [0.29, 0.717) is 18.8 Å². The number of carbonyl (C=O) groups is 1. The van der Waals surface area contributed by atoms with E-state index in [4.69, 9.17) is 5.84 Å². The highest BCUT2D eigenvalue weighted by molar-refractivity contribution is 7.89. The topological polar surface area (TPSA) is 110 Å². The van der Waals surface area contributed by atoms with Gasteiger partial charge in [-0.2, -0.15) is 4.31 Å². The van der Waals surface area contributed by atoms with Crippen LogP contribution < -0.4 is 11.3 Å². The number of sulfonamides is 1. The summed E-state index contributed by atoms with van der Waals surface area (Å²) in [7, 11) is -3.42. The molecule has 0 spiro atoms. The van der Waals surface area contributed by atoms with Crippen LogP contribution in [0.1, 0.15) is 23.3 Å². The van der Waals surface area contributed by atoms with E-state index in [1.54, 1.807) is 28.8 Å². The molecule has 1 aromatic heterocycles. The second-order valence-electron chi connectivity index (χ2n) is 5.24. The first kappa shape index (κ1) is 15.7. The summed E-state index contributed by atoms with van der Waals surface area (Å²) in [5.41, 5.74) is 2.89. The fraction of sp³-hybridized carbons (Fsp3) is 0.286. The first-order valence-corrected chi connectivity index (χ1v) is 8.62. The third kappa shape index (κ3) is 2.98. The highest BCUT2D eigenvalue weighted by Gasteiger charge is 2.26. The van der Waals surface area contributed by atoms with Gasteiger partial charge in [0.1, 0.15) is 12.0 Å². The lowest BCUT2D eigenvalue weighted by atomic mass is 10.3. The molecule has 0 bridgehead atoms. The molecule has 8 nitrogen and oxygen atoms in total. The van der Waals surface area contributed by atoms with Gasteiger partial charge in [0.2, 0.25) is 10.0 Å². The van der Waals surface area contributed by atoms with Crippen molar-refractivity contribution in [1.29, 1.82) is 0 Å². The number of hydrogen-bond donors (Lipinski definition) is 2. The molecule has 9 heteroatoms. The minimum absolute atomic E-state index is 0.182. The molecular weight excluding hydrogens is 318 g/mol. The number of aromatic nitrogens is 2. The number of nitrogens with one attached hydrogen (secondary N) is 1. The summed E-state index contributed by atoms with van der Waals surface area (Å²) in [5.74, 6) is 4.57. The van der Waals surface area contributed by atoms with Gasteiger partial charge in [-0.05, 0) is 37.1 Å². The predicted octanol–water partition coefficient (Wildman–Crippen LogP) is 0.260. The van der Waals surface area contributed by atoms with Gasteiger partial charge in [0.05, 0.1) is 4.90 Å². The van der Waals surface area contributed by atoms with Gasteiger partial charge >= 0.3 is 0 Å². The van der Waals surface area contributed by atoms with Crippen LogP contribution in [0.15, 0.2) is 41.7 Å². The largest absolute Gasteiger partial charge is 0.305 e. The molecule has 1 aliphatic rings. The van der Waals surface area contributed by atoms with Crippen LogP contribution in [0.3, 0.4) is 0 Å². The van der Waals surface area contributed by atoms with Crippen LogP contribution in [0, 0.1) is 0 Å². The summed E-state index contributed by atoms with van der Waals surface area (Å²) >= 11 is 0. The van der Waals surface area contributed by atoms with E-state index in [1.165, 1.54) is 16.8 Å². The zero-order chi connectivity index (χ0) is 16.4. The number of hydrogen-bond acceptors (Lipinski definition) is 5. The van der Waals surface area contributed by atoms with Crippen molar-refractivity contribution in [3.05, 3.63) is 42.5 Å². The molecule has 1 amide bonds. The Balaban J connectivity index is 1.84. The molecule has 23 heavy (non-hydrogen) atoms. The zero-order valence-electron chi connectivity index (χ0n) is 12.3. The Morgan fingerprint density at radius 1 is 1.17 bits per heavy atom. The van der Waals surface area contributed by atoms with Crippen molar-refractivity contribution in [1.82, 2.24) is 19.3 Å². The second kappa shape index (κ2) is 6.11. The van der Waals surface area contributed by atoms with E-state index in [1.807, 2.05) is 5.43 Å². The number of nitrogens with two attached hydrogens (primary N) is 1. The summed E-state index contributed by atoms with van der Waals surface area (Å²) in [6.45, 7) is 1.15. The number of carbonyl (C=O) groups excluding carboxylic acids is 1. The smallest absolute Gasteiger partial charge is 0.285 e. The molecule has 0 aliphatic carbocycles. The standard InChI is InChI=1S/C14H17N5O3S/c15-17-14(20)13-9-18(10-16-13)11-3-5-12(6-4-11)23(21,22)19-7-1-2-8-19/h3-6,9-10H,1-2,7-8,15H2,(H,17,20). The predicted molar refractivity (Wildman–Crippen MR) is 83.2 cm³/mol. The Bertz CT molecular complexity index is 807. The van der Waals surface area contributed by atoms with E-state index in [2.05, 4.69) is 4.98 Å². The van der Waals surface area contributed by atoms with Gasteiger partial charge in [0.25, 0.3) is 5.91 Å². The van der Waals surface area contributed by atoms with Gasteiger partial charge in [-0.15, -0.1) is 0 Å². The molecule has 2 aromatic rings. The molecule has 0 radical (unpaired) electrons. The molecule has 1 saturated heterocycles. The molecule has 3 N–H and O–H groups in total. The van der Waals surface area contributed by atoms with Crippen LogP contribution in [-0.2, 0) is 10.0 Å². The minimum atomic E-state index is -3.42. The van der Waals surface area contributed by atoms with Gasteiger partial charge in [0.15, 0.2) is 0 Å². The Kier molecular flexibility index (Phi) is 4.16. The lowest BCUT2D eigenvalue weighted by molar-refractivity contribution is 0.0949. The number of amides is 1. The fourth-order valence-corrected chi connectivity index (χ4v) is 4.04. The molecule has 0 atom stereocenters. The van der Waals surface area contributed by atoms with Crippen LogP contribution >= 0.6 is 0 Å². The minimum Gasteiger partial charge on any atom is -0.305 e. The van der Waals surface area contributed by atoms with Crippen LogP contribution in [0.25, 0.3) is 5.69 Å². The Labute approximate surface area is 133 Å². The maximum absolute atomic E-state index is 12.5. The molecule has 0 saturated carbocycles. The highest BCUT2D eigenvalue weighted by atomic mass is 32.2. The van der Waals surface area contributed by atoms with E-state index in [9.17, 15) is 13.2 Å². The van der Waals surface area contributed by atoms with Crippen molar-refractivity contribution in [3.63, 3.8) is 0 Å². The highest BCUT2D eigenvalue weighted by Crippen LogP contribution is 2.22. The first-order valence-electron chi connectivity index (χ1n) is 7.18. The molecule has 3 rings (SSSR count). The van der Waals surface area contributed by atoms with E-state index in [-0.39, 0.29) is 10.6 Å². The first-order chi connectivity index (χ1) is 11.0. The number of nitrogen functional groups attached to an aromatic ring is 1. The number of rotatable bonds is 4. The Morgan fingerprint density at radius 2 is 1.83 bits per heavy atom. The van der Waals surface area contributed by atoms with Crippen LogP contribution in [0.4, 0.5) is 0 Å². The fourth-order valence-electron chi connectivity index (χ4n) is 2.52. The summed E-state index contributed by atoms with van der Waals surface area (Å²) in [5, 5.41) is 0. The second-order valence-corrected chi connectivity index (χ2v) is 7.18. The molecule has 0 unspecified atom stereocenters. The molecule has 1 fully saturated rings. The van der Waals surface area contributed by atoms with Crippen molar-refractivity contribution < 1.29 is 13.2 Å². The normalized spacial score (nSPS) is 15.7. The molecular formula is C14H17N5O3S. The van der Waals surface area contributed by atoms with Crippen LogP contribution in [0.2, 0.25) is 0 Å². The molecule has 2 heterocycles.